The molecule has 0 aromatic heterocycles. The Labute approximate surface area is 102 Å². The first kappa shape index (κ1) is 11.9. The standard InChI is InChI=1S/C13H19N3O/c1-15(2)12-5-3-11(4-6-12)13(17)16-8-10(7-14)9-16/h3-6,10H,7-9,14H2,1-2H3. The first-order chi connectivity index (χ1) is 8.11. The SMILES string of the molecule is CN(C)c1ccc(C(=O)N2CC(CN)C2)cc1. The lowest BCUT2D eigenvalue weighted by atomic mass is 9.99. The van der Waals surface area contributed by atoms with Crippen LogP contribution in [0.5, 0.6) is 0 Å². The molecule has 1 fully saturated rings. The number of rotatable bonds is 3. The Balaban J connectivity index is 2.01. The molecule has 1 saturated heterocycles. The van der Waals surface area contributed by atoms with Crippen molar-refractivity contribution in [2.75, 3.05) is 38.6 Å². The van der Waals surface area contributed by atoms with Gasteiger partial charge in [0.05, 0.1) is 0 Å². The molecule has 0 unspecified atom stereocenters. The fraction of sp³-hybridized carbons (Fsp3) is 0.462. The highest BCUT2D eigenvalue weighted by Gasteiger charge is 2.29. The van der Waals surface area contributed by atoms with E-state index in [1.54, 1.807) is 0 Å². The molecule has 2 rings (SSSR count). The molecule has 2 N–H and O–H groups in total. The summed E-state index contributed by atoms with van der Waals surface area (Å²) in [6.07, 6.45) is 0. The second kappa shape index (κ2) is 4.75. The van der Waals surface area contributed by atoms with Gasteiger partial charge in [-0.15, -0.1) is 0 Å². The molecule has 1 aromatic carbocycles. The molecule has 17 heavy (non-hydrogen) atoms. The van der Waals surface area contributed by atoms with Gasteiger partial charge in [0.25, 0.3) is 5.91 Å². The van der Waals surface area contributed by atoms with Gasteiger partial charge in [-0.1, -0.05) is 0 Å². The number of hydrogen-bond donors (Lipinski definition) is 1. The maximum Gasteiger partial charge on any atom is 0.253 e. The van der Waals surface area contributed by atoms with Crippen molar-refractivity contribution >= 4 is 11.6 Å². The van der Waals surface area contributed by atoms with E-state index in [4.69, 9.17) is 5.73 Å². The van der Waals surface area contributed by atoms with Crippen molar-refractivity contribution in [3.05, 3.63) is 29.8 Å². The van der Waals surface area contributed by atoms with Gasteiger partial charge in [0.15, 0.2) is 0 Å². The fourth-order valence-corrected chi connectivity index (χ4v) is 1.97. The summed E-state index contributed by atoms with van der Waals surface area (Å²) >= 11 is 0. The quantitative estimate of drug-likeness (QED) is 0.839. The van der Waals surface area contributed by atoms with Crippen molar-refractivity contribution in [3.63, 3.8) is 0 Å². The van der Waals surface area contributed by atoms with E-state index >= 15 is 0 Å². The predicted octanol–water partition coefficient (Wildman–Crippen LogP) is 0.783. The fourth-order valence-electron chi connectivity index (χ4n) is 1.97. The van der Waals surface area contributed by atoms with Crippen molar-refractivity contribution in [1.82, 2.24) is 4.90 Å². The Morgan fingerprint density at radius 1 is 1.35 bits per heavy atom. The van der Waals surface area contributed by atoms with Crippen LogP contribution >= 0.6 is 0 Å². The largest absolute Gasteiger partial charge is 0.378 e. The van der Waals surface area contributed by atoms with E-state index in [1.165, 1.54) is 0 Å². The second-order valence-corrected chi connectivity index (χ2v) is 4.75. The molecule has 0 spiro atoms. The van der Waals surface area contributed by atoms with Gasteiger partial charge >= 0.3 is 0 Å². The predicted molar refractivity (Wildman–Crippen MR) is 69.2 cm³/mol. The van der Waals surface area contributed by atoms with Gasteiger partial charge < -0.3 is 15.5 Å². The number of nitrogens with zero attached hydrogens (tertiary/aromatic N) is 2. The molecule has 4 nitrogen and oxygen atoms in total. The maximum atomic E-state index is 12.0. The molecule has 1 aromatic rings. The Kier molecular flexibility index (Phi) is 3.33. The van der Waals surface area contributed by atoms with E-state index in [2.05, 4.69) is 0 Å². The van der Waals surface area contributed by atoms with E-state index in [0.717, 1.165) is 24.3 Å². The third-order valence-electron chi connectivity index (χ3n) is 3.21. The first-order valence-corrected chi connectivity index (χ1v) is 5.88. The maximum absolute atomic E-state index is 12.0. The van der Waals surface area contributed by atoms with Crippen molar-refractivity contribution in [2.24, 2.45) is 11.7 Å². The summed E-state index contributed by atoms with van der Waals surface area (Å²) < 4.78 is 0. The lowest BCUT2D eigenvalue weighted by molar-refractivity contribution is 0.0515. The van der Waals surface area contributed by atoms with Crippen LogP contribution in [-0.2, 0) is 0 Å². The van der Waals surface area contributed by atoms with Gasteiger partial charge in [-0.3, -0.25) is 4.79 Å². The number of carbonyl (C=O) groups is 1. The molecule has 0 atom stereocenters. The number of hydrogen-bond acceptors (Lipinski definition) is 3. The molecule has 1 heterocycles. The molecule has 0 radical (unpaired) electrons. The normalized spacial score (nSPS) is 15.6. The van der Waals surface area contributed by atoms with Crippen LogP contribution in [-0.4, -0.2) is 44.5 Å². The van der Waals surface area contributed by atoms with Crippen LogP contribution in [0.1, 0.15) is 10.4 Å². The Hall–Kier alpha value is -1.55. The number of carbonyl (C=O) groups excluding carboxylic acids is 1. The van der Waals surface area contributed by atoms with Crippen LogP contribution in [0.3, 0.4) is 0 Å². The van der Waals surface area contributed by atoms with E-state index in [0.29, 0.717) is 12.5 Å². The lowest BCUT2D eigenvalue weighted by Gasteiger charge is -2.38. The monoisotopic (exact) mass is 233 g/mol. The highest BCUT2D eigenvalue weighted by atomic mass is 16.2. The molecule has 1 amide bonds. The number of nitrogens with two attached hydrogens (primary N) is 1. The molecule has 0 saturated carbocycles. The lowest BCUT2D eigenvalue weighted by Crippen LogP contribution is -2.52. The van der Waals surface area contributed by atoms with E-state index in [1.807, 2.05) is 48.2 Å². The average molecular weight is 233 g/mol. The molecule has 0 bridgehead atoms. The van der Waals surface area contributed by atoms with Crippen LogP contribution in [0.4, 0.5) is 5.69 Å². The van der Waals surface area contributed by atoms with Crippen molar-refractivity contribution in [2.45, 2.75) is 0 Å². The number of anilines is 1. The number of likely N-dealkylation sites (tertiary alicyclic amines) is 1. The van der Waals surface area contributed by atoms with Crippen LogP contribution in [0.25, 0.3) is 0 Å². The topological polar surface area (TPSA) is 49.6 Å². The molecular formula is C13H19N3O. The van der Waals surface area contributed by atoms with Crippen molar-refractivity contribution in [1.29, 1.82) is 0 Å². The summed E-state index contributed by atoms with van der Waals surface area (Å²) in [5.41, 5.74) is 7.40. The van der Waals surface area contributed by atoms with Gasteiger partial charge in [-0.2, -0.15) is 0 Å². The zero-order valence-corrected chi connectivity index (χ0v) is 10.4. The summed E-state index contributed by atoms with van der Waals surface area (Å²) in [5, 5.41) is 0. The van der Waals surface area contributed by atoms with Gasteiger partial charge in [0.2, 0.25) is 0 Å². The van der Waals surface area contributed by atoms with Crippen molar-refractivity contribution in [3.8, 4) is 0 Å². The minimum Gasteiger partial charge on any atom is -0.378 e. The van der Waals surface area contributed by atoms with E-state index in [-0.39, 0.29) is 5.91 Å². The van der Waals surface area contributed by atoms with Crippen LogP contribution in [0.2, 0.25) is 0 Å². The minimum absolute atomic E-state index is 0.111. The Morgan fingerprint density at radius 3 is 2.41 bits per heavy atom. The molecule has 0 aliphatic carbocycles. The highest BCUT2D eigenvalue weighted by Crippen LogP contribution is 2.19. The summed E-state index contributed by atoms with van der Waals surface area (Å²) in [5.74, 6) is 0.597. The minimum atomic E-state index is 0.111. The van der Waals surface area contributed by atoms with Gasteiger partial charge in [-0.25, -0.2) is 0 Å². The van der Waals surface area contributed by atoms with Gasteiger partial charge in [0, 0.05) is 44.4 Å². The molecule has 4 heteroatoms. The van der Waals surface area contributed by atoms with E-state index in [9.17, 15) is 4.79 Å². The van der Waals surface area contributed by atoms with Gasteiger partial charge in [-0.05, 0) is 30.8 Å². The molecule has 1 aliphatic heterocycles. The summed E-state index contributed by atoms with van der Waals surface area (Å²) in [6.45, 7) is 2.26. The average Bonchev–Trinajstić information content (AvgIpc) is 2.27. The highest BCUT2D eigenvalue weighted by molar-refractivity contribution is 5.95. The Bertz CT molecular complexity index is 394. The van der Waals surface area contributed by atoms with Crippen molar-refractivity contribution < 1.29 is 4.79 Å². The summed E-state index contributed by atoms with van der Waals surface area (Å²) in [6, 6.07) is 7.70. The molecule has 92 valence electrons. The van der Waals surface area contributed by atoms with E-state index < -0.39 is 0 Å². The summed E-state index contributed by atoms with van der Waals surface area (Å²) in [4.78, 5) is 15.9. The summed E-state index contributed by atoms with van der Waals surface area (Å²) in [7, 11) is 3.97. The molecular weight excluding hydrogens is 214 g/mol. The first-order valence-electron chi connectivity index (χ1n) is 5.88. The van der Waals surface area contributed by atoms with Crippen LogP contribution in [0.15, 0.2) is 24.3 Å². The smallest absolute Gasteiger partial charge is 0.253 e. The number of amides is 1. The Morgan fingerprint density at radius 2 is 1.94 bits per heavy atom. The molecule has 1 aliphatic rings. The van der Waals surface area contributed by atoms with Crippen LogP contribution < -0.4 is 10.6 Å². The zero-order valence-electron chi connectivity index (χ0n) is 10.4. The second-order valence-electron chi connectivity index (χ2n) is 4.75. The number of benzene rings is 1. The third-order valence-corrected chi connectivity index (χ3v) is 3.21. The zero-order chi connectivity index (χ0) is 12.4. The van der Waals surface area contributed by atoms with Gasteiger partial charge in [0.1, 0.15) is 0 Å². The van der Waals surface area contributed by atoms with Crippen LogP contribution in [0, 0.1) is 5.92 Å². The third kappa shape index (κ3) is 2.42.